The Hall–Kier alpha value is -3.13. The van der Waals surface area contributed by atoms with Gasteiger partial charge in [-0.2, -0.15) is 0 Å². The van der Waals surface area contributed by atoms with E-state index in [9.17, 15) is 18.0 Å². The maximum Gasteiger partial charge on any atom is 0.264 e. The fourth-order valence-electron chi connectivity index (χ4n) is 3.17. The van der Waals surface area contributed by atoms with Gasteiger partial charge in [0.05, 0.1) is 10.6 Å². The van der Waals surface area contributed by atoms with Crippen molar-refractivity contribution in [3.8, 4) is 0 Å². The smallest absolute Gasteiger partial charge is 0.264 e. The van der Waals surface area contributed by atoms with Crippen molar-refractivity contribution in [1.29, 1.82) is 0 Å². The number of aromatic nitrogens is 1. The number of fused-ring (bicyclic) bond motifs is 1. The number of carbonyl (C=O) groups is 1. The number of H-pyrrole nitrogens is 1. The first-order valence-electron chi connectivity index (χ1n) is 10.2. The number of amides is 1. The van der Waals surface area contributed by atoms with Crippen LogP contribution in [0.3, 0.4) is 0 Å². The number of hydrogen-bond acceptors (Lipinski definition) is 4. The molecule has 2 N–H and O–H groups in total. The number of hydrogen-bond donors (Lipinski definition) is 2. The zero-order valence-corrected chi connectivity index (χ0v) is 18.9. The molecule has 31 heavy (non-hydrogen) atoms. The first kappa shape index (κ1) is 22.6. The van der Waals surface area contributed by atoms with E-state index in [0.717, 1.165) is 18.4 Å². The van der Waals surface area contributed by atoms with Gasteiger partial charge in [-0.05, 0) is 55.7 Å². The van der Waals surface area contributed by atoms with Crippen LogP contribution >= 0.6 is 0 Å². The van der Waals surface area contributed by atoms with Crippen LogP contribution < -0.4 is 15.1 Å². The lowest BCUT2D eigenvalue weighted by Gasteiger charge is -2.20. The number of aryl methyl sites for hydroxylation is 1. The predicted molar refractivity (Wildman–Crippen MR) is 123 cm³/mol. The molecule has 1 aromatic heterocycles. The summed E-state index contributed by atoms with van der Waals surface area (Å²) in [6, 6.07) is 11.5. The van der Waals surface area contributed by atoms with Crippen LogP contribution in [0.25, 0.3) is 10.9 Å². The lowest BCUT2D eigenvalue weighted by Crippen LogP contribution is -2.35. The summed E-state index contributed by atoms with van der Waals surface area (Å²) < 4.78 is 27.5. The summed E-state index contributed by atoms with van der Waals surface area (Å²) in [5.41, 5.74) is 1.52. The molecule has 1 amide bonds. The maximum atomic E-state index is 13.2. The minimum absolute atomic E-state index is 0.0212. The van der Waals surface area contributed by atoms with Crippen LogP contribution in [-0.4, -0.2) is 32.4 Å². The number of benzene rings is 2. The van der Waals surface area contributed by atoms with Crippen molar-refractivity contribution in [2.45, 2.75) is 44.6 Å². The Balaban J connectivity index is 2.02. The van der Waals surface area contributed by atoms with E-state index in [0.29, 0.717) is 11.2 Å². The van der Waals surface area contributed by atoms with Crippen LogP contribution in [0.4, 0.5) is 5.69 Å². The van der Waals surface area contributed by atoms with Crippen LogP contribution in [0.2, 0.25) is 0 Å². The highest BCUT2D eigenvalue weighted by molar-refractivity contribution is 7.92. The van der Waals surface area contributed by atoms with Gasteiger partial charge in [0, 0.05) is 30.2 Å². The molecule has 0 aliphatic rings. The molecule has 1 unspecified atom stereocenters. The first-order valence-corrected chi connectivity index (χ1v) is 11.7. The minimum Gasteiger partial charge on any atom is -0.360 e. The Morgan fingerprint density at radius 3 is 2.42 bits per heavy atom. The molecule has 2 aromatic carbocycles. The molecule has 0 fully saturated rings. The van der Waals surface area contributed by atoms with Gasteiger partial charge in [0.15, 0.2) is 0 Å². The Bertz CT molecular complexity index is 1260. The molecule has 0 saturated heterocycles. The average Bonchev–Trinajstić information content (AvgIpc) is 2.78. The third-order valence-corrected chi connectivity index (χ3v) is 7.23. The molecule has 1 atom stereocenters. The summed E-state index contributed by atoms with van der Waals surface area (Å²) >= 11 is 0. The second-order valence-corrected chi connectivity index (χ2v) is 9.48. The number of aromatic amines is 1. The molecule has 0 radical (unpaired) electrons. The molecule has 0 aliphatic carbocycles. The third kappa shape index (κ3) is 4.49. The van der Waals surface area contributed by atoms with Crippen molar-refractivity contribution in [2.75, 3.05) is 11.4 Å². The van der Waals surface area contributed by atoms with Crippen molar-refractivity contribution < 1.29 is 13.2 Å². The van der Waals surface area contributed by atoms with Gasteiger partial charge >= 0.3 is 0 Å². The summed E-state index contributed by atoms with van der Waals surface area (Å²) in [5.74, 6) is -0.487. The molecule has 0 bridgehead atoms. The van der Waals surface area contributed by atoms with E-state index in [1.165, 1.54) is 35.7 Å². The first-order chi connectivity index (χ1) is 14.7. The Labute approximate surface area is 182 Å². The summed E-state index contributed by atoms with van der Waals surface area (Å²) in [5, 5.41) is 2.91. The van der Waals surface area contributed by atoms with Gasteiger partial charge in [-0.25, -0.2) is 8.42 Å². The molecule has 1 heterocycles. The molecular formula is C23H27N3O4S. The van der Waals surface area contributed by atoms with Crippen LogP contribution in [-0.2, 0) is 16.4 Å². The molecular weight excluding hydrogens is 414 g/mol. The van der Waals surface area contributed by atoms with Crippen molar-refractivity contribution in [3.63, 3.8) is 0 Å². The topological polar surface area (TPSA) is 99.3 Å². The van der Waals surface area contributed by atoms with Gasteiger partial charge in [-0.15, -0.1) is 0 Å². The summed E-state index contributed by atoms with van der Waals surface area (Å²) in [6.07, 6.45) is 2.94. The normalized spacial score (nSPS) is 12.5. The van der Waals surface area contributed by atoms with E-state index in [1.54, 1.807) is 12.1 Å². The Kier molecular flexibility index (Phi) is 6.50. The fourth-order valence-corrected chi connectivity index (χ4v) is 4.39. The van der Waals surface area contributed by atoms with E-state index >= 15 is 0 Å². The van der Waals surface area contributed by atoms with E-state index in [2.05, 4.69) is 10.3 Å². The number of carbonyl (C=O) groups excluding carboxylic acids is 1. The summed E-state index contributed by atoms with van der Waals surface area (Å²) in [6.45, 7) is 5.80. The van der Waals surface area contributed by atoms with Crippen LogP contribution in [0.5, 0.6) is 0 Å². The van der Waals surface area contributed by atoms with Gasteiger partial charge in [0.25, 0.3) is 15.9 Å². The molecule has 7 nitrogen and oxygen atoms in total. The van der Waals surface area contributed by atoms with Crippen molar-refractivity contribution >= 4 is 32.5 Å². The van der Waals surface area contributed by atoms with Crippen molar-refractivity contribution in [3.05, 3.63) is 70.0 Å². The van der Waals surface area contributed by atoms with Gasteiger partial charge in [-0.1, -0.05) is 26.0 Å². The molecule has 8 heteroatoms. The zero-order chi connectivity index (χ0) is 22.8. The number of nitrogens with zero attached hydrogens (tertiary/aromatic N) is 1. The van der Waals surface area contributed by atoms with Gasteiger partial charge in [0.2, 0.25) is 5.43 Å². The average molecular weight is 442 g/mol. The predicted octanol–water partition coefficient (Wildman–Crippen LogP) is 3.44. The summed E-state index contributed by atoms with van der Waals surface area (Å²) in [7, 11) is -2.42. The molecule has 0 saturated carbocycles. The third-order valence-electron chi connectivity index (χ3n) is 5.45. The van der Waals surface area contributed by atoms with E-state index in [-0.39, 0.29) is 21.9 Å². The number of nitrogens with one attached hydrogen (secondary N) is 2. The lowest BCUT2D eigenvalue weighted by molar-refractivity contribution is 0.0938. The highest BCUT2D eigenvalue weighted by Crippen LogP contribution is 2.24. The summed E-state index contributed by atoms with van der Waals surface area (Å²) in [4.78, 5) is 28.3. The number of anilines is 1. The molecule has 164 valence electrons. The SMILES string of the molecule is CCc1ccc(N(C)S(=O)(=O)c2ccc3[nH]cc(C(=O)NC(C)CC)c(=O)c3c2)cc1. The number of pyridine rings is 1. The highest BCUT2D eigenvalue weighted by atomic mass is 32.2. The second-order valence-electron chi connectivity index (χ2n) is 7.51. The van der Waals surface area contributed by atoms with E-state index in [1.807, 2.05) is 32.9 Å². The van der Waals surface area contributed by atoms with E-state index < -0.39 is 21.4 Å². The quantitative estimate of drug-likeness (QED) is 0.587. The van der Waals surface area contributed by atoms with Crippen molar-refractivity contribution in [2.24, 2.45) is 0 Å². The zero-order valence-electron chi connectivity index (χ0n) is 18.1. The Morgan fingerprint density at radius 1 is 1.13 bits per heavy atom. The fraction of sp³-hybridized carbons (Fsp3) is 0.304. The lowest BCUT2D eigenvalue weighted by atomic mass is 10.1. The van der Waals surface area contributed by atoms with Gasteiger partial charge < -0.3 is 10.3 Å². The molecule has 0 spiro atoms. The highest BCUT2D eigenvalue weighted by Gasteiger charge is 2.23. The molecule has 3 rings (SSSR count). The maximum absolute atomic E-state index is 13.2. The second kappa shape index (κ2) is 8.93. The van der Waals surface area contributed by atoms with Crippen LogP contribution in [0.1, 0.15) is 43.1 Å². The Morgan fingerprint density at radius 2 is 1.81 bits per heavy atom. The molecule has 3 aromatic rings. The minimum atomic E-state index is -3.90. The largest absolute Gasteiger partial charge is 0.360 e. The standard InChI is InChI=1S/C23H27N3O4S/c1-5-15(3)25-23(28)20-14-24-21-12-11-18(13-19(21)22(20)27)31(29,30)26(4)17-9-7-16(6-2)8-10-17/h7-15H,5-6H2,1-4H3,(H,24,27)(H,25,28). The van der Waals surface area contributed by atoms with E-state index in [4.69, 9.17) is 0 Å². The van der Waals surface area contributed by atoms with Gasteiger partial charge in [0.1, 0.15) is 5.56 Å². The van der Waals surface area contributed by atoms with Gasteiger partial charge in [-0.3, -0.25) is 13.9 Å². The monoisotopic (exact) mass is 441 g/mol. The number of sulfonamides is 1. The number of rotatable bonds is 7. The molecule has 0 aliphatic heterocycles. The van der Waals surface area contributed by atoms with Crippen molar-refractivity contribution in [1.82, 2.24) is 10.3 Å². The van der Waals surface area contributed by atoms with Crippen LogP contribution in [0.15, 0.2) is 58.4 Å². The van der Waals surface area contributed by atoms with Crippen LogP contribution in [0, 0.1) is 0 Å².